The molecule has 0 spiro atoms. The zero-order chi connectivity index (χ0) is 22.5. The molecule has 1 amide bonds. The third-order valence-electron chi connectivity index (χ3n) is 5.46. The highest BCUT2D eigenvalue weighted by Gasteiger charge is 2.07. The van der Waals surface area contributed by atoms with E-state index in [1.807, 2.05) is 55.5 Å². The van der Waals surface area contributed by atoms with Gasteiger partial charge in [-0.25, -0.2) is 5.43 Å². The lowest BCUT2D eigenvalue weighted by atomic mass is 10.0. The Labute approximate surface area is 187 Å². The quantitative estimate of drug-likeness (QED) is 0.325. The third kappa shape index (κ3) is 4.83. The highest BCUT2D eigenvalue weighted by molar-refractivity contribution is 6.01. The Balaban J connectivity index is 1.38. The summed E-state index contributed by atoms with van der Waals surface area (Å²) in [6.07, 6.45) is 1.76. The summed E-state index contributed by atoms with van der Waals surface area (Å²) in [4.78, 5) is 16.9. The summed E-state index contributed by atoms with van der Waals surface area (Å²) in [5.41, 5.74) is 9.15. The molecule has 0 atom stereocenters. The Morgan fingerprint density at radius 3 is 2.47 bits per heavy atom. The number of para-hydroxylation sites is 1. The summed E-state index contributed by atoms with van der Waals surface area (Å²) < 4.78 is 5.97. The second-order valence-electron chi connectivity index (χ2n) is 7.75. The van der Waals surface area contributed by atoms with Crippen LogP contribution < -0.4 is 10.2 Å². The molecule has 0 bridgehead atoms. The lowest BCUT2D eigenvalue weighted by molar-refractivity contribution is 0.0955. The fraction of sp³-hybridized carbons (Fsp3) is 0.148. The first-order chi connectivity index (χ1) is 15.5. The maximum absolute atomic E-state index is 12.5. The number of nitrogens with one attached hydrogen (secondary N) is 1. The zero-order valence-corrected chi connectivity index (χ0v) is 18.4. The number of hydrogen-bond acceptors (Lipinski definition) is 4. The smallest absolute Gasteiger partial charge is 0.271 e. The topological polar surface area (TPSA) is 63.6 Å². The number of fused-ring (bicyclic) bond motifs is 1. The second kappa shape index (κ2) is 9.43. The summed E-state index contributed by atoms with van der Waals surface area (Å²) in [7, 11) is 0. The average molecular weight is 424 g/mol. The highest BCUT2D eigenvalue weighted by atomic mass is 16.5. The molecule has 5 heteroatoms. The predicted molar refractivity (Wildman–Crippen MR) is 128 cm³/mol. The van der Waals surface area contributed by atoms with Crippen molar-refractivity contribution in [2.75, 3.05) is 0 Å². The van der Waals surface area contributed by atoms with Crippen LogP contribution in [0.15, 0.2) is 84.1 Å². The summed E-state index contributed by atoms with van der Waals surface area (Å²) >= 11 is 0. The number of hydrogen-bond donors (Lipinski definition) is 1. The fourth-order valence-corrected chi connectivity index (χ4v) is 3.34. The monoisotopic (exact) mass is 423 g/mol. The van der Waals surface area contributed by atoms with Gasteiger partial charge < -0.3 is 4.74 Å². The maximum Gasteiger partial charge on any atom is 0.271 e. The van der Waals surface area contributed by atoms with Crippen LogP contribution in [0.4, 0.5) is 0 Å². The molecule has 3 aromatic carbocycles. The molecule has 0 radical (unpaired) electrons. The zero-order valence-electron chi connectivity index (χ0n) is 18.4. The molecule has 1 aromatic heterocycles. The van der Waals surface area contributed by atoms with Gasteiger partial charge in [-0.15, -0.1) is 0 Å². The largest absolute Gasteiger partial charge is 0.487 e. The fourth-order valence-electron chi connectivity index (χ4n) is 3.34. The van der Waals surface area contributed by atoms with Crippen LogP contribution in [-0.4, -0.2) is 16.6 Å². The number of pyridine rings is 1. The van der Waals surface area contributed by atoms with E-state index in [4.69, 9.17) is 4.74 Å². The van der Waals surface area contributed by atoms with E-state index in [2.05, 4.69) is 41.5 Å². The number of hydrazone groups is 1. The summed E-state index contributed by atoms with van der Waals surface area (Å²) in [6, 6.07) is 23.2. The van der Waals surface area contributed by atoms with Gasteiger partial charge in [-0.1, -0.05) is 42.5 Å². The first-order valence-electron chi connectivity index (χ1n) is 10.5. The number of benzene rings is 3. The van der Waals surface area contributed by atoms with E-state index in [0.29, 0.717) is 12.2 Å². The normalized spacial score (nSPS) is 11.4. The molecule has 0 unspecified atom stereocenters. The van der Waals surface area contributed by atoms with Gasteiger partial charge in [0.15, 0.2) is 0 Å². The van der Waals surface area contributed by atoms with Crippen LogP contribution in [0.25, 0.3) is 10.9 Å². The molecule has 0 aliphatic carbocycles. The SMILES string of the molecule is C/C(=N\NC(=O)c1ccc(COc2cccc3cccnc23)cc1)c1ccc(C)c(C)c1. The minimum Gasteiger partial charge on any atom is -0.487 e. The van der Waals surface area contributed by atoms with Crippen molar-refractivity contribution in [3.8, 4) is 5.75 Å². The van der Waals surface area contributed by atoms with Crippen molar-refractivity contribution in [2.24, 2.45) is 5.10 Å². The number of carbonyl (C=O) groups excluding carboxylic acids is 1. The third-order valence-corrected chi connectivity index (χ3v) is 5.46. The molecule has 4 rings (SSSR count). The number of ether oxygens (including phenoxy) is 1. The molecule has 5 nitrogen and oxygen atoms in total. The minimum absolute atomic E-state index is 0.251. The van der Waals surface area contributed by atoms with E-state index in [1.165, 1.54) is 11.1 Å². The van der Waals surface area contributed by atoms with Gasteiger partial charge in [-0.3, -0.25) is 9.78 Å². The van der Waals surface area contributed by atoms with E-state index in [-0.39, 0.29) is 5.91 Å². The Hall–Kier alpha value is -3.99. The van der Waals surface area contributed by atoms with Crippen LogP contribution in [0.3, 0.4) is 0 Å². The summed E-state index contributed by atoms with van der Waals surface area (Å²) in [6.45, 7) is 6.41. The van der Waals surface area contributed by atoms with Crippen molar-refractivity contribution in [3.05, 3.63) is 107 Å². The van der Waals surface area contributed by atoms with Crippen molar-refractivity contribution in [1.29, 1.82) is 0 Å². The molecule has 4 aromatic rings. The molecule has 0 fully saturated rings. The average Bonchev–Trinajstić information content (AvgIpc) is 2.83. The van der Waals surface area contributed by atoms with Gasteiger partial charge in [-0.2, -0.15) is 5.10 Å². The first kappa shape index (κ1) is 21.2. The lowest BCUT2D eigenvalue weighted by Gasteiger charge is -2.09. The molecule has 1 heterocycles. The molecule has 0 aliphatic rings. The lowest BCUT2D eigenvalue weighted by Crippen LogP contribution is -2.19. The molecule has 160 valence electrons. The van der Waals surface area contributed by atoms with Crippen molar-refractivity contribution < 1.29 is 9.53 Å². The minimum atomic E-state index is -0.251. The number of rotatable bonds is 6. The van der Waals surface area contributed by atoms with Crippen LogP contribution in [0.2, 0.25) is 0 Å². The molecular weight excluding hydrogens is 398 g/mol. The first-order valence-corrected chi connectivity index (χ1v) is 10.5. The molecule has 0 saturated heterocycles. The number of amides is 1. The maximum atomic E-state index is 12.5. The second-order valence-corrected chi connectivity index (χ2v) is 7.75. The van der Waals surface area contributed by atoms with Gasteiger partial charge in [-0.05, 0) is 73.4 Å². The molecule has 32 heavy (non-hydrogen) atoms. The van der Waals surface area contributed by atoms with E-state index in [9.17, 15) is 4.79 Å². The number of aryl methyl sites for hydroxylation is 2. The van der Waals surface area contributed by atoms with Crippen LogP contribution in [0.5, 0.6) is 5.75 Å². The standard InChI is InChI=1S/C27H25N3O2/c1-18-9-12-24(16-19(18)2)20(3)29-30-27(31)23-13-10-21(11-14-23)17-32-25-8-4-6-22-7-5-15-28-26(22)25/h4-16H,17H2,1-3H3,(H,30,31)/b29-20+. The summed E-state index contributed by atoms with van der Waals surface area (Å²) in [5, 5.41) is 5.29. The Morgan fingerprint density at radius 2 is 1.69 bits per heavy atom. The molecule has 0 aliphatic heterocycles. The van der Waals surface area contributed by atoms with E-state index < -0.39 is 0 Å². The number of nitrogens with zero attached hydrogens (tertiary/aromatic N) is 2. The predicted octanol–water partition coefficient (Wildman–Crippen LogP) is 5.58. The van der Waals surface area contributed by atoms with Gasteiger partial charge in [0.2, 0.25) is 0 Å². The van der Waals surface area contributed by atoms with Crippen molar-refractivity contribution >= 4 is 22.5 Å². The number of aromatic nitrogens is 1. The van der Waals surface area contributed by atoms with Crippen molar-refractivity contribution in [3.63, 3.8) is 0 Å². The van der Waals surface area contributed by atoms with Crippen LogP contribution in [0, 0.1) is 13.8 Å². The van der Waals surface area contributed by atoms with Gasteiger partial charge in [0.05, 0.1) is 5.71 Å². The highest BCUT2D eigenvalue weighted by Crippen LogP contribution is 2.24. The molecule has 1 N–H and O–H groups in total. The number of carbonyl (C=O) groups is 1. The molecular formula is C27H25N3O2. The van der Waals surface area contributed by atoms with Gasteiger partial charge in [0.25, 0.3) is 5.91 Å². The van der Waals surface area contributed by atoms with Gasteiger partial charge >= 0.3 is 0 Å². The molecule has 0 saturated carbocycles. The van der Waals surface area contributed by atoms with Crippen LogP contribution in [-0.2, 0) is 6.61 Å². The van der Waals surface area contributed by atoms with Gasteiger partial charge in [0, 0.05) is 17.1 Å². The van der Waals surface area contributed by atoms with Crippen molar-refractivity contribution in [1.82, 2.24) is 10.4 Å². The van der Waals surface area contributed by atoms with E-state index >= 15 is 0 Å². The Bertz CT molecular complexity index is 1290. The summed E-state index contributed by atoms with van der Waals surface area (Å²) in [5.74, 6) is 0.486. The Morgan fingerprint density at radius 1 is 0.938 bits per heavy atom. The van der Waals surface area contributed by atoms with Gasteiger partial charge in [0.1, 0.15) is 17.9 Å². The van der Waals surface area contributed by atoms with E-state index in [0.717, 1.165) is 33.5 Å². The van der Waals surface area contributed by atoms with Crippen molar-refractivity contribution in [2.45, 2.75) is 27.4 Å². The Kier molecular flexibility index (Phi) is 6.26. The van der Waals surface area contributed by atoms with Crippen LogP contribution >= 0.6 is 0 Å². The van der Waals surface area contributed by atoms with E-state index in [1.54, 1.807) is 18.3 Å². The van der Waals surface area contributed by atoms with Crippen LogP contribution in [0.1, 0.15) is 39.5 Å².